The van der Waals surface area contributed by atoms with Crippen molar-refractivity contribution < 1.29 is 22.7 Å². The number of sulfonamides is 1. The predicted octanol–water partition coefficient (Wildman–Crippen LogP) is 5.66. The molecule has 0 fully saturated rings. The maximum atomic E-state index is 12.7. The van der Waals surface area contributed by atoms with Gasteiger partial charge in [-0.2, -0.15) is 0 Å². The van der Waals surface area contributed by atoms with Crippen LogP contribution in [0.1, 0.15) is 40.2 Å². The van der Waals surface area contributed by atoms with Gasteiger partial charge >= 0.3 is 5.97 Å². The van der Waals surface area contributed by atoms with Gasteiger partial charge in [0.25, 0.3) is 10.0 Å². The number of aromatic carboxylic acids is 1. The van der Waals surface area contributed by atoms with E-state index < -0.39 is 16.0 Å². The van der Waals surface area contributed by atoms with Gasteiger partial charge in [-0.05, 0) is 85.0 Å². The van der Waals surface area contributed by atoms with Crippen LogP contribution in [-0.4, -0.2) is 34.4 Å². The molecule has 39 heavy (non-hydrogen) atoms. The van der Waals surface area contributed by atoms with Crippen molar-refractivity contribution in [3.05, 3.63) is 102 Å². The number of fused-ring (bicyclic) bond motifs is 2. The molecule has 3 heterocycles. The van der Waals surface area contributed by atoms with Crippen LogP contribution in [-0.2, 0) is 16.4 Å². The SMILES string of the molecule is O=C(O)c1c2c(nc3ccccc13)/C(=C\c1ccc(-c3ccc(S(=O)(=O)Nc4ncccn4)cc3)o1)CCC2. The predicted molar refractivity (Wildman–Crippen MR) is 146 cm³/mol. The van der Waals surface area contributed by atoms with Crippen molar-refractivity contribution in [1.29, 1.82) is 0 Å². The third kappa shape index (κ3) is 4.77. The Labute approximate surface area is 223 Å². The van der Waals surface area contributed by atoms with E-state index in [1.807, 2.05) is 36.4 Å². The number of hydrogen-bond acceptors (Lipinski definition) is 7. The lowest BCUT2D eigenvalue weighted by atomic mass is 9.86. The molecule has 194 valence electrons. The fraction of sp³-hybridized carbons (Fsp3) is 0.103. The van der Waals surface area contributed by atoms with Crippen LogP contribution in [0.3, 0.4) is 0 Å². The van der Waals surface area contributed by atoms with E-state index in [1.54, 1.807) is 24.3 Å². The Morgan fingerprint density at radius 2 is 1.72 bits per heavy atom. The summed E-state index contributed by atoms with van der Waals surface area (Å²) in [7, 11) is -3.84. The minimum atomic E-state index is -3.84. The summed E-state index contributed by atoms with van der Waals surface area (Å²) in [4.78, 5) is 24.8. The number of benzene rings is 2. The summed E-state index contributed by atoms with van der Waals surface area (Å²) in [5.74, 6) is 0.203. The second-order valence-electron chi connectivity index (χ2n) is 9.06. The van der Waals surface area contributed by atoms with Gasteiger partial charge in [0.2, 0.25) is 5.95 Å². The van der Waals surface area contributed by atoms with Gasteiger partial charge in [0.1, 0.15) is 11.5 Å². The fourth-order valence-electron chi connectivity index (χ4n) is 4.81. The molecular weight excluding hydrogens is 516 g/mol. The third-order valence-corrected chi connectivity index (χ3v) is 7.91. The Morgan fingerprint density at radius 1 is 0.949 bits per heavy atom. The third-order valence-electron chi connectivity index (χ3n) is 6.57. The van der Waals surface area contributed by atoms with E-state index >= 15 is 0 Å². The first-order valence-corrected chi connectivity index (χ1v) is 13.7. The summed E-state index contributed by atoms with van der Waals surface area (Å²) in [5, 5.41) is 10.6. The Morgan fingerprint density at radius 3 is 2.49 bits per heavy atom. The van der Waals surface area contributed by atoms with Crippen molar-refractivity contribution in [3.8, 4) is 11.3 Å². The minimum absolute atomic E-state index is 0.00691. The number of carboxylic acid groups (broad SMARTS) is 1. The van der Waals surface area contributed by atoms with Crippen molar-refractivity contribution in [2.75, 3.05) is 4.72 Å². The highest BCUT2D eigenvalue weighted by Gasteiger charge is 2.25. The second kappa shape index (κ2) is 9.80. The molecule has 1 aliphatic carbocycles. The number of carboxylic acids is 1. The maximum absolute atomic E-state index is 12.7. The zero-order chi connectivity index (χ0) is 27.0. The number of carbonyl (C=O) groups is 1. The number of furan rings is 1. The molecule has 0 amide bonds. The van der Waals surface area contributed by atoms with Gasteiger partial charge in [0.15, 0.2) is 0 Å². The van der Waals surface area contributed by atoms with Gasteiger partial charge in [-0.3, -0.25) is 0 Å². The standard InChI is InChI=1S/C29H22N4O5S/c34-28(35)26-22-6-1-2-8-24(22)32-27-19(5-3-7-23(26)27)17-20-11-14-25(38-20)18-9-12-21(13-10-18)39(36,37)33-29-30-15-4-16-31-29/h1-2,4,6,8-17H,3,5,7H2,(H,34,35)(H,30,31,33)/b19-17-. The Bertz CT molecular complexity index is 1850. The monoisotopic (exact) mass is 538 g/mol. The van der Waals surface area contributed by atoms with Crippen molar-refractivity contribution in [3.63, 3.8) is 0 Å². The van der Waals surface area contributed by atoms with E-state index in [0.29, 0.717) is 45.7 Å². The molecule has 0 bridgehead atoms. The van der Waals surface area contributed by atoms with Gasteiger partial charge in [-0.15, -0.1) is 0 Å². The van der Waals surface area contributed by atoms with Crippen molar-refractivity contribution in [2.45, 2.75) is 24.2 Å². The van der Waals surface area contributed by atoms with E-state index in [2.05, 4.69) is 14.7 Å². The molecule has 0 saturated heterocycles. The summed E-state index contributed by atoms with van der Waals surface area (Å²) < 4.78 is 33.7. The number of para-hydroxylation sites is 1. The van der Waals surface area contributed by atoms with Crippen LogP contribution in [0.5, 0.6) is 0 Å². The van der Waals surface area contributed by atoms with E-state index in [0.717, 1.165) is 24.0 Å². The van der Waals surface area contributed by atoms with E-state index in [4.69, 9.17) is 9.40 Å². The average Bonchev–Trinajstić information content (AvgIpc) is 3.41. The molecule has 0 unspecified atom stereocenters. The smallest absolute Gasteiger partial charge is 0.336 e. The van der Waals surface area contributed by atoms with E-state index in [9.17, 15) is 18.3 Å². The number of anilines is 1. The number of pyridine rings is 1. The summed E-state index contributed by atoms with van der Waals surface area (Å²) >= 11 is 0. The largest absolute Gasteiger partial charge is 0.478 e. The molecule has 5 aromatic rings. The molecule has 2 aromatic carbocycles. The zero-order valence-electron chi connectivity index (χ0n) is 20.5. The Hall–Kier alpha value is -4.83. The number of hydrogen-bond donors (Lipinski definition) is 2. The highest BCUT2D eigenvalue weighted by atomic mass is 32.2. The lowest BCUT2D eigenvalue weighted by Crippen LogP contribution is -2.14. The molecule has 0 saturated carbocycles. The Balaban J connectivity index is 1.29. The first-order valence-electron chi connectivity index (χ1n) is 12.2. The quantitative estimate of drug-likeness (QED) is 0.283. The number of aromatic nitrogens is 3. The highest BCUT2D eigenvalue weighted by molar-refractivity contribution is 7.92. The van der Waals surface area contributed by atoms with Crippen LogP contribution >= 0.6 is 0 Å². The van der Waals surface area contributed by atoms with Gasteiger partial charge in [-0.1, -0.05) is 18.2 Å². The molecule has 10 heteroatoms. The van der Waals surface area contributed by atoms with Crippen molar-refractivity contribution in [1.82, 2.24) is 15.0 Å². The van der Waals surface area contributed by atoms with Crippen LogP contribution in [0.4, 0.5) is 5.95 Å². The van der Waals surface area contributed by atoms with Crippen LogP contribution in [0.2, 0.25) is 0 Å². The summed E-state index contributed by atoms with van der Waals surface area (Å²) in [6.07, 6.45) is 7.01. The normalized spacial score (nSPS) is 14.3. The second-order valence-corrected chi connectivity index (χ2v) is 10.7. The van der Waals surface area contributed by atoms with Gasteiger partial charge in [0.05, 0.1) is 21.7 Å². The topological polar surface area (TPSA) is 135 Å². The zero-order valence-corrected chi connectivity index (χ0v) is 21.4. The number of rotatable bonds is 6. The lowest BCUT2D eigenvalue weighted by Gasteiger charge is -2.21. The highest BCUT2D eigenvalue weighted by Crippen LogP contribution is 2.36. The number of nitrogens with one attached hydrogen (secondary N) is 1. The van der Waals surface area contributed by atoms with Gasteiger partial charge in [0, 0.05) is 23.3 Å². The van der Waals surface area contributed by atoms with E-state index in [1.165, 1.54) is 24.5 Å². The molecular formula is C29H22N4O5S. The van der Waals surface area contributed by atoms with E-state index in [-0.39, 0.29) is 10.8 Å². The van der Waals surface area contributed by atoms with Crippen LogP contribution in [0.25, 0.3) is 33.9 Å². The molecule has 3 aromatic heterocycles. The van der Waals surface area contributed by atoms with Crippen LogP contribution < -0.4 is 4.72 Å². The molecule has 1 aliphatic rings. The van der Waals surface area contributed by atoms with Crippen molar-refractivity contribution >= 4 is 44.5 Å². The van der Waals surface area contributed by atoms with Gasteiger partial charge < -0.3 is 9.52 Å². The molecule has 6 rings (SSSR count). The van der Waals surface area contributed by atoms with Crippen LogP contribution in [0, 0.1) is 0 Å². The number of nitrogens with zero attached hydrogens (tertiary/aromatic N) is 3. The van der Waals surface area contributed by atoms with Crippen molar-refractivity contribution in [2.24, 2.45) is 0 Å². The first kappa shape index (κ1) is 24.5. The molecule has 9 nitrogen and oxygen atoms in total. The fourth-order valence-corrected chi connectivity index (χ4v) is 5.76. The summed E-state index contributed by atoms with van der Waals surface area (Å²) in [5.41, 5.74) is 4.02. The molecule has 0 radical (unpaired) electrons. The number of allylic oxidation sites excluding steroid dienone is 1. The molecule has 0 spiro atoms. The lowest BCUT2D eigenvalue weighted by molar-refractivity contribution is 0.0697. The average molecular weight is 539 g/mol. The summed E-state index contributed by atoms with van der Waals surface area (Å²) in [6, 6.07) is 18.8. The maximum Gasteiger partial charge on any atom is 0.336 e. The van der Waals surface area contributed by atoms with Gasteiger partial charge in [-0.25, -0.2) is 32.9 Å². The minimum Gasteiger partial charge on any atom is -0.478 e. The summed E-state index contributed by atoms with van der Waals surface area (Å²) in [6.45, 7) is 0. The Kier molecular flexibility index (Phi) is 6.16. The molecule has 0 aliphatic heterocycles. The molecule has 2 N–H and O–H groups in total. The van der Waals surface area contributed by atoms with Crippen LogP contribution in [0.15, 0.2) is 88.4 Å². The molecule has 0 atom stereocenters. The first-order chi connectivity index (χ1) is 18.9.